The van der Waals surface area contributed by atoms with Crippen LogP contribution in [0.5, 0.6) is 5.75 Å². The van der Waals surface area contributed by atoms with Crippen molar-refractivity contribution < 1.29 is 13.2 Å². The van der Waals surface area contributed by atoms with E-state index in [1.54, 1.807) is 24.3 Å². The molecule has 2 unspecified atom stereocenters. The summed E-state index contributed by atoms with van der Waals surface area (Å²) in [4.78, 5) is 0.289. The highest BCUT2D eigenvalue weighted by atomic mass is 32.2. The van der Waals surface area contributed by atoms with E-state index in [1.165, 1.54) is 4.31 Å². The predicted octanol–water partition coefficient (Wildman–Crippen LogP) is 1.05. The van der Waals surface area contributed by atoms with Gasteiger partial charge in [0.15, 0.2) is 0 Å². The fraction of sp³-hybridized carbons (Fsp3) is 0.538. The van der Waals surface area contributed by atoms with E-state index in [9.17, 15) is 8.42 Å². The first kappa shape index (κ1) is 14.3. The molecule has 0 aromatic heterocycles. The number of sulfonamides is 1. The van der Waals surface area contributed by atoms with Gasteiger partial charge in [-0.25, -0.2) is 8.42 Å². The Balaban J connectivity index is 2.20. The number of rotatable bonds is 4. The van der Waals surface area contributed by atoms with Crippen molar-refractivity contribution in [1.82, 2.24) is 4.31 Å². The van der Waals surface area contributed by atoms with Crippen LogP contribution in [0.2, 0.25) is 0 Å². The minimum atomic E-state index is -3.44. The summed E-state index contributed by atoms with van der Waals surface area (Å²) < 4.78 is 31.6. The van der Waals surface area contributed by atoms with Gasteiger partial charge in [-0.05, 0) is 37.1 Å². The topological polar surface area (TPSA) is 72.6 Å². The summed E-state index contributed by atoms with van der Waals surface area (Å²) in [5.41, 5.74) is 5.88. The van der Waals surface area contributed by atoms with Crippen molar-refractivity contribution in [2.24, 2.45) is 11.7 Å². The summed E-state index contributed by atoms with van der Waals surface area (Å²) in [7, 11) is -3.44. The average Bonchev–Trinajstić information content (AvgIpc) is 2.71. The molecule has 1 saturated heterocycles. The van der Waals surface area contributed by atoms with Crippen LogP contribution in [-0.2, 0) is 10.0 Å². The largest absolute Gasteiger partial charge is 0.494 e. The smallest absolute Gasteiger partial charge is 0.243 e. The molecule has 1 aromatic rings. The Morgan fingerprint density at radius 3 is 2.42 bits per heavy atom. The number of ether oxygens (including phenoxy) is 1. The van der Waals surface area contributed by atoms with E-state index in [2.05, 4.69) is 0 Å². The number of hydrogen-bond acceptors (Lipinski definition) is 4. The maximum atomic E-state index is 12.4. The second-order valence-electron chi connectivity index (χ2n) is 4.87. The third-order valence-electron chi connectivity index (χ3n) is 3.41. The second-order valence-corrected chi connectivity index (χ2v) is 6.81. The van der Waals surface area contributed by atoms with E-state index < -0.39 is 10.0 Å². The minimum absolute atomic E-state index is 0.0857. The van der Waals surface area contributed by atoms with E-state index in [0.29, 0.717) is 25.4 Å². The fourth-order valence-corrected chi connectivity index (χ4v) is 3.74. The van der Waals surface area contributed by atoms with Gasteiger partial charge in [0.1, 0.15) is 5.75 Å². The van der Waals surface area contributed by atoms with Gasteiger partial charge >= 0.3 is 0 Å². The number of benzene rings is 1. The molecule has 6 heteroatoms. The fourth-order valence-electron chi connectivity index (χ4n) is 2.17. The summed E-state index contributed by atoms with van der Waals surface area (Å²) in [6.07, 6.45) is 0. The molecule has 0 spiro atoms. The third kappa shape index (κ3) is 2.91. The maximum Gasteiger partial charge on any atom is 0.243 e. The zero-order valence-corrected chi connectivity index (χ0v) is 12.1. The summed E-state index contributed by atoms with van der Waals surface area (Å²) in [6, 6.07) is 6.42. The molecule has 1 aliphatic rings. The van der Waals surface area contributed by atoms with Crippen molar-refractivity contribution in [2.45, 2.75) is 24.8 Å². The zero-order valence-electron chi connectivity index (χ0n) is 11.2. The molecule has 0 aliphatic carbocycles. The highest BCUT2D eigenvalue weighted by Gasteiger charge is 2.35. The molecule has 1 aliphatic heterocycles. The summed E-state index contributed by atoms with van der Waals surface area (Å²) in [5, 5.41) is 0. The molecular weight excluding hydrogens is 264 g/mol. The highest BCUT2D eigenvalue weighted by Crippen LogP contribution is 2.24. The molecule has 2 rings (SSSR count). The van der Waals surface area contributed by atoms with Gasteiger partial charge in [0.25, 0.3) is 0 Å². The quantitative estimate of drug-likeness (QED) is 0.897. The van der Waals surface area contributed by atoms with Gasteiger partial charge in [0.05, 0.1) is 11.5 Å². The average molecular weight is 284 g/mol. The van der Waals surface area contributed by atoms with Gasteiger partial charge < -0.3 is 10.5 Å². The van der Waals surface area contributed by atoms with Crippen molar-refractivity contribution in [3.8, 4) is 5.75 Å². The standard InChI is InChI=1S/C13H20N2O3S/c1-3-18-11-4-6-12(7-5-11)19(16,17)15-8-10(2)13(14)9-15/h4-7,10,13H,3,8-9,14H2,1-2H3. The molecule has 1 fully saturated rings. The van der Waals surface area contributed by atoms with Crippen LogP contribution in [-0.4, -0.2) is 38.5 Å². The third-order valence-corrected chi connectivity index (χ3v) is 5.26. The van der Waals surface area contributed by atoms with Crippen molar-refractivity contribution >= 4 is 10.0 Å². The van der Waals surface area contributed by atoms with Crippen molar-refractivity contribution in [2.75, 3.05) is 19.7 Å². The molecule has 19 heavy (non-hydrogen) atoms. The Morgan fingerprint density at radius 1 is 1.32 bits per heavy atom. The lowest BCUT2D eigenvalue weighted by Gasteiger charge is -2.16. The molecule has 0 amide bonds. The Morgan fingerprint density at radius 2 is 1.95 bits per heavy atom. The van der Waals surface area contributed by atoms with Crippen LogP contribution in [0.15, 0.2) is 29.2 Å². The highest BCUT2D eigenvalue weighted by molar-refractivity contribution is 7.89. The number of nitrogens with zero attached hydrogens (tertiary/aromatic N) is 1. The predicted molar refractivity (Wildman–Crippen MR) is 73.5 cm³/mol. The first-order valence-electron chi connectivity index (χ1n) is 6.43. The van der Waals surface area contributed by atoms with E-state index in [4.69, 9.17) is 10.5 Å². The molecule has 0 radical (unpaired) electrons. The van der Waals surface area contributed by atoms with Gasteiger partial charge in [-0.2, -0.15) is 4.31 Å². The molecule has 5 nitrogen and oxygen atoms in total. The lowest BCUT2D eigenvalue weighted by Crippen LogP contribution is -2.32. The molecule has 0 bridgehead atoms. The maximum absolute atomic E-state index is 12.4. The van der Waals surface area contributed by atoms with E-state index in [-0.39, 0.29) is 16.9 Å². The summed E-state index contributed by atoms with van der Waals surface area (Å²) in [6.45, 7) is 5.29. The normalized spacial score (nSPS) is 24.6. The molecule has 0 saturated carbocycles. The van der Waals surface area contributed by atoms with Crippen molar-refractivity contribution in [1.29, 1.82) is 0 Å². The van der Waals surface area contributed by atoms with Gasteiger partial charge in [0, 0.05) is 19.1 Å². The molecule has 1 aromatic carbocycles. The SMILES string of the molecule is CCOc1ccc(S(=O)(=O)N2CC(C)C(N)C2)cc1. The van der Waals surface area contributed by atoms with Crippen LogP contribution < -0.4 is 10.5 Å². The number of hydrogen-bond donors (Lipinski definition) is 1. The summed E-state index contributed by atoms with van der Waals surface area (Å²) >= 11 is 0. The molecule has 106 valence electrons. The van der Waals surface area contributed by atoms with Gasteiger partial charge in [0.2, 0.25) is 10.0 Å². The zero-order chi connectivity index (χ0) is 14.0. The Hall–Kier alpha value is -1.11. The Bertz CT molecular complexity index is 517. The van der Waals surface area contributed by atoms with Crippen molar-refractivity contribution in [3.63, 3.8) is 0 Å². The molecular formula is C13H20N2O3S. The monoisotopic (exact) mass is 284 g/mol. The van der Waals surface area contributed by atoms with Gasteiger partial charge in [-0.15, -0.1) is 0 Å². The van der Waals surface area contributed by atoms with E-state index >= 15 is 0 Å². The van der Waals surface area contributed by atoms with E-state index in [1.807, 2.05) is 13.8 Å². The molecule has 2 N–H and O–H groups in total. The lowest BCUT2D eigenvalue weighted by molar-refractivity contribution is 0.340. The van der Waals surface area contributed by atoms with Gasteiger partial charge in [-0.1, -0.05) is 6.92 Å². The van der Waals surface area contributed by atoms with Crippen LogP contribution in [0.1, 0.15) is 13.8 Å². The lowest BCUT2D eigenvalue weighted by atomic mass is 10.1. The Kier molecular flexibility index (Phi) is 4.13. The van der Waals surface area contributed by atoms with E-state index in [0.717, 1.165) is 0 Å². The van der Waals surface area contributed by atoms with Gasteiger partial charge in [-0.3, -0.25) is 0 Å². The summed E-state index contributed by atoms with van der Waals surface area (Å²) in [5.74, 6) is 0.866. The van der Waals surface area contributed by atoms with Crippen molar-refractivity contribution in [3.05, 3.63) is 24.3 Å². The minimum Gasteiger partial charge on any atom is -0.494 e. The van der Waals surface area contributed by atoms with Crippen LogP contribution in [0.3, 0.4) is 0 Å². The van der Waals surface area contributed by atoms with Crippen LogP contribution in [0.4, 0.5) is 0 Å². The van der Waals surface area contributed by atoms with Crippen LogP contribution in [0, 0.1) is 5.92 Å². The van der Waals surface area contributed by atoms with Crippen LogP contribution in [0.25, 0.3) is 0 Å². The Labute approximate surface area is 114 Å². The first-order chi connectivity index (χ1) is 8.95. The number of nitrogens with two attached hydrogens (primary N) is 1. The molecule has 2 atom stereocenters. The van der Waals surface area contributed by atoms with Crippen LogP contribution >= 0.6 is 0 Å². The molecule has 1 heterocycles. The second kappa shape index (κ2) is 5.48. The first-order valence-corrected chi connectivity index (χ1v) is 7.87.